The number of aromatic nitrogens is 3. The van der Waals surface area contributed by atoms with Crippen molar-refractivity contribution in [2.24, 2.45) is 5.92 Å². The summed E-state index contributed by atoms with van der Waals surface area (Å²) in [7, 11) is 0. The average molecular weight is 379 g/mol. The minimum atomic E-state index is -4.57. The summed E-state index contributed by atoms with van der Waals surface area (Å²) in [6, 6.07) is 0. The predicted molar refractivity (Wildman–Crippen MR) is 77.1 cm³/mol. The van der Waals surface area contributed by atoms with Gasteiger partial charge in [0.1, 0.15) is 23.9 Å². The lowest BCUT2D eigenvalue weighted by Crippen LogP contribution is -2.38. The van der Waals surface area contributed by atoms with Gasteiger partial charge < -0.3 is 0 Å². The van der Waals surface area contributed by atoms with Gasteiger partial charge in [-0.1, -0.05) is 0 Å². The van der Waals surface area contributed by atoms with E-state index in [4.69, 9.17) is 0 Å². The van der Waals surface area contributed by atoms with E-state index >= 15 is 0 Å². The van der Waals surface area contributed by atoms with Crippen molar-refractivity contribution in [2.45, 2.75) is 56.5 Å². The first-order chi connectivity index (χ1) is 12.0. The van der Waals surface area contributed by atoms with Crippen LogP contribution in [0.3, 0.4) is 0 Å². The summed E-state index contributed by atoms with van der Waals surface area (Å²) in [5, 5.41) is 0. The van der Waals surface area contributed by atoms with Crippen molar-refractivity contribution in [3.8, 4) is 0 Å². The number of alkyl halides is 5. The molecule has 1 aromatic rings. The fourth-order valence-corrected chi connectivity index (χ4v) is 3.23. The van der Waals surface area contributed by atoms with Crippen molar-refractivity contribution in [3.05, 3.63) is 29.4 Å². The number of allylic oxidation sites excluding steroid dienone is 2. The number of carbonyl (C=O) groups excluding carboxylic acids is 1. The Balaban J connectivity index is 1.82. The molecule has 2 atom stereocenters. The summed E-state index contributed by atoms with van der Waals surface area (Å²) in [5.41, 5.74) is 0.0649. The fourth-order valence-electron chi connectivity index (χ4n) is 3.23. The number of hydrogen-bond donors (Lipinski definition) is 0. The third kappa shape index (κ3) is 3.45. The zero-order chi connectivity index (χ0) is 19.3. The highest BCUT2D eigenvalue weighted by atomic mass is 19.4. The maximum absolute atomic E-state index is 14.4. The molecule has 0 spiro atoms. The van der Waals surface area contributed by atoms with Crippen LogP contribution < -0.4 is 0 Å². The summed E-state index contributed by atoms with van der Waals surface area (Å²) < 4.78 is 78.7. The first kappa shape index (κ1) is 18.8. The number of nitrogens with zero attached hydrogens (tertiary/aromatic N) is 3. The van der Waals surface area contributed by atoms with Crippen LogP contribution in [0.2, 0.25) is 0 Å². The monoisotopic (exact) mass is 379 g/mol. The molecule has 0 amide bonds. The Morgan fingerprint density at radius 3 is 2.46 bits per heavy atom. The van der Waals surface area contributed by atoms with E-state index in [1.165, 1.54) is 0 Å². The summed E-state index contributed by atoms with van der Waals surface area (Å²) in [6.45, 7) is 0.872. The van der Waals surface area contributed by atoms with Crippen molar-refractivity contribution >= 4 is 5.78 Å². The number of halogens is 6. The summed E-state index contributed by atoms with van der Waals surface area (Å²) >= 11 is 0. The van der Waals surface area contributed by atoms with Gasteiger partial charge in [0.25, 0.3) is 0 Å². The van der Waals surface area contributed by atoms with Crippen molar-refractivity contribution in [2.75, 3.05) is 0 Å². The highest BCUT2D eigenvalue weighted by molar-refractivity contribution is 5.99. The van der Waals surface area contributed by atoms with E-state index in [0.29, 0.717) is 0 Å². The molecule has 2 aliphatic rings. The van der Waals surface area contributed by atoms with Crippen molar-refractivity contribution in [1.82, 2.24) is 15.0 Å². The van der Waals surface area contributed by atoms with Crippen LogP contribution >= 0.6 is 0 Å². The molecule has 2 aliphatic carbocycles. The molecule has 0 radical (unpaired) electrons. The normalized spacial score (nSPS) is 25.2. The zero-order valence-corrected chi connectivity index (χ0v) is 13.7. The van der Waals surface area contributed by atoms with E-state index in [0.717, 1.165) is 13.3 Å². The second-order valence-corrected chi connectivity index (χ2v) is 6.72. The van der Waals surface area contributed by atoms with Crippen LogP contribution in [0.15, 0.2) is 17.7 Å². The second-order valence-electron chi connectivity index (χ2n) is 6.72. The molecule has 1 heterocycles. The van der Waals surface area contributed by atoms with Crippen LogP contribution in [0.5, 0.6) is 0 Å². The summed E-state index contributed by atoms with van der Waals surface area (Å²) in [6.07, 6.45) is -4.56. The Kier molecular flexibility index (Phi) is 4.56. The van der Waals surface area contributed by atoms with Crippen LogP contribution in [0.1, 0.15) is 56.1 Å². The molecule has 0 bridgehead atoms. The molecule has 1 aromatic heterocycles. The molecule has 1 saturated carbocycles. The zero-order valence-electron chi connectivity index (χ0n) is 13.7. The van der Waals surface area contributed by atoms with Crippen LogP contribution in [-0.2, 0) is 4.79 Å². The van der Waals surface area contributed by atoms with E-state index in [-0.39, 0.29) is 24.2 Å². The Hall–Kier alpha value is -2.00. The van der Waals surface area contributed by atoms with Gasteiger partial charge in [-0.25, -0.2) is 28.1 Å². The predicted octanol–water partition coefficient (Wildman–Crippen LogP) is 4.25. The van der Waals surface area contributed by atoms with Gasteiger partial charge in [0, 0.05) is 12.8 Å². The first-order valence-corrected chi connectivity index (χ1v) is 8.05. The SMILES string of the molecule is CC(c1ncnc(C2CCC(C3CC(F)(F)C3)=C(F)C2=O)n1)C(F)(F)F. The van der Waals surface area contributed by atoms with Crippen molar-refractivity contribution in [1.29, 1.82) is 0 Å². The van der Waals surface area contributed by atoms with Crippen LogP contribution in [-0.4, -0.2) is 32.8 Å². The number of ketones is 1. The molecule has 3 rings (SSSR count). The van der Waals surface area contributed by atoms with Gasteiger partial charge in [-0.05, 0) is 31.3 Å². The molecule has 0 N–H and O–H groups in total. The largest absolute Gasteiger partial charge is 0.398 e. The Bertz CT molecular complexity index is 753. The quantitative estimate of drug-likeness (QED) is 0.737. The van der Waals surface area contributed by atoms with Gasteiger partial charge in [-0.2, -0.15) is 13.2 Å². The minimum absolute atomic E-state index is 0.0630. The maximum Gasteiger partial charge on any atom is 0.398 e. The maximum atomic E-state index is 14.4. The smallest absolute Gasteiger partial charge is 0.291 e. The first-order valence-electron chi connectivity index (χ1n) is 8.05. The van der Waals surface area contributed by atoms with Crippen LogP contribution in [0.25, 0.3) is 0 Å². The van der Waals surface area contributed by atoms with E-state index in [2.05, 4.69) is 15.0 Å². The minimum Gasteiger partial charge on any atom is -0.291 e. The third-order valence-electron chi connectivity index (χ3n) is 4.90. The Labute approximate surface area is 144 Å². The average Bonchev–Trinajstić information content (AvgIpc) is 2.53. The van der Waals surface area contributed by atoms with Gasteiger partial charge in [0.2, 0.25) is 11.7 Å². The number of rotatable bonds is 3. The summed E-state index contributed by atoms with van der Waals surface area (Å²) in [4.78, 5) is 23.2. The Morgan fingerprint density at radius 2 is 1.88 bits per heavy atom. The van der Waals surface area contributed by atoms with Gasteiger partial charge in [0.05, 0.1) is 5.92 Å². The van der Waals surface area contributed by atoms with Crippen LogP contribution in [0.4, 0.5) is 26.3 Å². The lowest BCUT2D eigenvalue weighted by Gasteiger charge is -2.38. The lowest BCUT2D eigenvalue weighted by atomic mass is 9.71. The van der Waals surface area contributed by atoms with E-state index in [9.17, 15) is 31.1 Å². The molecule has 0 saturated heterocycles. The molecular weight excluding hydrogens is 364 g/mol. The van der Waals surface area contributed by atoms with E-state index in [1.807, 2.05) is 0 Å². The number of hydrogen-bond acceptors (Lipinski definition) is 4. The number of Topliss-reactive ketones (excluding diaryl/α,β-unsaturated/α-hetero) is 1. The van der Waals surface area contributed by atoms with Crippen molar-refractivity contribution < 1.29 is 31.1 Å². The van der Waals surface area contributed by atoms with Crippen molar-refractivity contribution in [3.63, 3.8) is 0 Å². The molecule has 1 fully saturated rings. The fraction of sp³-hybridized carbons (Fsp3) is 0.625. The molecule has 0 aliphatic heterocycles. The van der Waals surface area contributed by atoms with Crippen LogP contribution in [0, 0.1) is 5.92 Å². The molecule has 142 valence electrons. The van der Waals surface area contributed by atoms with Gasteiger partial charge in [-0.15, -0.1) is 0 Å². The molecule has 0 aromatic carbocycles. The molecular formula is C16H15F6N3O. The molecule has 2 unspecified atom stereocenters. The lowest BCUT2D eigenvalue weighted by molar-refractivity contribution is -0.148. The highest BCUT2D eigenvalue weighted by Gasteiger charge is 2.49. The topological polar surface area (TPSA) is 55.7 Å². The summed E-state index contributed by atoms with van der Waals surface area (Å²) in [5.74, 6) is -9.46. The standard InChI is InChI=1S/C16H15F6N3O/c1-7(16(20,21)22)13-23-6-24-14(25-13)10-3-2-9(11(17)12(10)26)8-4-15(18,19)5-8/h6-8,10H,2-5H2,1H3. The van der Waals surface area contributed by atoms with Gasteiger partial charge in [0.15, 0.2) is 5.83 Å². The Morgan fingerprint density at radius 1 is 1.23 bits per heavy atom. The number of carbonyl (C=O) groups is 1. The second kappa shape index (κ2) is 6.31. The van der Waals surface area contributed by atoms with Gasteiger partial charge in [-0.3, -0.25) is 4.79 Å². The van der Waals surface area contributed by atoms with E-state index < -0.39 is 60.1 Å². The highest BCUT2D eigenvalue weighted by Crippen LogP contribution is 2.50. The molecule has 10 heteroatoms. The molecule has 4 nitrogen and oxygen atoms in total. The molecule has 26 heavy (non-hydrogen) atoms. The van der Waals surface area contributed by atoms with Gasteiger partial charge >= 0.3 is 6.18 Å². The van der Waals surface area contributed by atoms with E-state index in [1.54, 1.807) is 0 Å². The third-order valence-corrected chi connectivity index (χ3v) is 4.90.